The molecule has 5 aliphatic rings. The molecule has 4 bridgehead atoms. The van der Waals surface area contributed by atoms with Crippen molar-refractivity contribution in [2.45, 2.75) is 51.0 Å². The summed E-state index contributed by atoms with van der Waals surface area (Å²) in [6.45, 7) is 0. The van der Waals surface area contributed by atoms with Crippen LogP contribution in [0, 0.1) is 23.2 Å². The van der Waals surface area contributed by atoms with Gasteiger partial charge in [-0.25, -0.2) is 0 Å². The summed E-state index contributed by atoms with van der Waals surface area (Å²) in [4.78, 5) is 0. The first-order valence-electron chi connectivity index (χ1n) is 6.96. The molecule has 0 aromatic carbocycles. The molecule has 96 valence electrons. The molecule has 3 nitrogen and oxygen atoms in total. The number of rotatable bonds is 1. The van der Waals surface area contributed by atoms with Crippen LogP contribution >= 0.6 is 0 Å². The van der Waals surface area contributed by atoms with Crippen LogP contribution in [0.1, 0.15) is 44.9 Å². The highest BCUT2D eigenvalue weighted by molar-refractivity contribution is 7.86. The molecule has 4 saturated carbocycles. The molecule has 0 spiro atoms. The van der Waals surface area contributed by atoms with E-state index in [1.165, 1.54) is 38.5 Å². The molecule has 5 rings (SSSR count). The third-order valence-electron chi connectivity index (χ3n) is 5.66. The Morgan fingerprint density at radius 1 is 0.941 bits per heavy atom. The number of hydrogen-bond acceptors (Lipinski definition) is 3. The topological polar surface area (TPSA) is 43.4 Å². The van der Waals surface area contributed by atoms with E-state index in [0.29, 0.717) is 0 Å². The maximum atomic E-state index is 11.5. The molecule has 1 heterocycles. The van der Waals surface area contributed by atoms with Crippen molar-refractivity contribution < 1.29 is 12.6 Å². The Hall–Kier alpha value is -0.0900. The maximum Gasteiger partial charge on any atom is 0.267 e. The third kappa shape index (κ3) is 1.60. The van der Waals surface area contributed by atoms with Crippen molar-refractivity contribution in [3.63, 3.8) is 0 Å². The van der Waals surface area contributed by atoms with Crippen LogP contribution in [0.25, 0.3) is 0 Å². The quantitative estimate of drug-likeness (QED) is 0.676. The predicted molar refractivity (Wildman–Crippen MR) is 63.9 cm³/mol. The van der Waals surface area contributed by atoms with Crippen LogP contribution < -0.4 is 0 Å². The van der Waals surface area contributed by atoms with Crippen LogP contribution in [0.5, 0.6) is 0 Å². The fourth-order valence-corrected chi connectivity index (χ4v) is 6.76. The molecule has 4 aliphatic carbocycles. The van der Waals surface area contributed by atoms with Gasteiger partial charge in [-0.1, -0.05) is 0 Å². The van der Waals surface area contributed by atoms with E-state index in [1.54, 1.807) is 0 Å². The molecule has 1 atom stereocenters. The zero-order valence-electron chi connectivity index (χ0n) is 10.1. The average molecular weight is 256 g/mol. The lowest BCUT2D eigenvalue weighted by Crippen LogP contribution is -2.51. The van der Waals surface area contributed by atoms with E-state index < -0.39 is 10.1 Å². The van der Waals surface area contributed by atoms with Gasteiger partial charge in [0.2, 0.25) is 0 Å². The standard InChI is InChI=1S/C13H20O3S/c14-17(15)2-1-12(16-17)13-6-9-3-10(7-13)5-11(4-9)8-13/h9-12H,1-8H2. The first kappa shape index (κ1) is 10.8. The number of hydrogen-bond donors (Lipinski definition) is 0. The van der Waals surface area contributed by atoms with Gasteiger partial charge >= 0.3 is 0 Å². The van der Waals surface area contributed by atoms with Crippen molar-refractivity contribution in [2.75, 3.05) is 5.75 Å². The zero-order chi connectivity index (χ0) is 11.7. The lowest BCUT2D eigenvalue weighted by atomic mass is 9.48. The van der Waals surface area contributed by atoms with Crippen molar-refractivity contribution in [3.8, 4) is 0 Å². The van der Waals surface area contributed by atoms with Crippen molar-refractivity contribution in [1.29, 1.82) is 0 Å². The fraction of sp³-hybridized carbons (Fsp3) is 1.00. The summed E-state index contributed by atoms with van der Waals surface area (Å²) >= 11 is 0. The summed E-state index contributed by atoms with van der Waals surface area (Å²) in [5.74, 6) is 2.86. The first-order valence-corrected chi connectivity index (χ1v) is 8.53. The molecule has 0 aromatic heterocycles. The molecule has 0 amide bonds. The second kappa shape index (κ2) is 3.27. The van der Waals surface area contributed by atoms with Crippen LogP contribution in [0.3, 0.4) is 0 Å². The minimum absolute atomic E-state index is 0.0147. The monoisotopic (exact) mass is 256 g/mol. The van der Waals surface area contributed by atoms with Crippen LogP contribution in [-0.4, -0.2) is 20.3 Å². The Kier molecular flexibility index (Phi) is 2.07. The van der Waals surface area contributed by atoms with Gasteiger partial charge in [0.1, 0.15) is 0 Å². The van der Waals surface area contributed by atoms with E-state index in [9.17, 15) is 8.42 Å². The van der Waals surface area contributed by atoms with Crippen molar-refractivity contribution >= 4 is 10.1 Å². The normalized spacial score (nSPS) is 55.3. The average Bonchev–Trinajstić information content (AvgIpc) is 2.57. The molecule has 1 saturated heterocycles. The van der Waals surface area contributed by atoms with Gasteiger partial charge in [0.05, 0.1) is 11.9 Å². The van der Waals surface area contributed by atoms with Crippen LogP contribution in [0.4, 0.5) is 0 Å². The molecule has 0 N–H and O–H groups in total. The van der Waals surface area contributed by atoms with Gasteiger partial charge in [0.15, 0.2) is 0 Å². The van der Waals surface area contributed by atoms with E-state index in [4.69, 9.17) is 4.18 Å². The van der Waals surface area contributed by atoms with E-state index in [-0.39, 0.29) is 17.3 Å². The highest BCUT2D eigenvalue weighted by Gasteiger charge is 2.56. The van der Waals surface area contributed by atoms with Gasteiger partial charge in [-0.05, 0) is 68.1 Å². The summed E-state index contributed by atoms with van der Waals surface area (Å²) in [7, 11) is -3.19. The van der Waals surface area contributed by atoms with Gasteiger partial charge < -0.3 is 0 Å². The van der Waals surface area contributed by atoms with Crippen LogP contribution in [-0.2, 0) is 14.3 Å². The molecule has 4 heteroatoms. The van der Waals surface area contributed by atoms with E-state index in [2.05, 4.69) is 0 Å². The van der Waals surface area contributed by atoms with E-state index in [1.807, 2.05) is 0 Å². The van der Waals surface area contributed by atoms with Gasteiger partial charge in [-0.3, -0.25) is 4.18 Å². The summed E-state index contributed by atoms with van der Waals surface area (Å²) in [6, 6.07) is 0. The third-order valence-corrected chi connectivity index (χ3v) is 6.92. The highest BCUT2D eigenvalue weighted by atomic mass is 32.2. The maximum absolute atomic E-state index is 11.5. The largest absolute Gasteiger partial charge is 0.267 e. The SMILES string of the molecule is O=S1(=O)CCC(C23CC4CC(CC(C4)C2)C3)O1. The Morgan fingerprint density at radius 2 is 1.47 bits per heavy atom. The van der Waals surface area contributed by atoms with E-state index >= 15 is 0 Å². The zero-order valence-corrected chi connectivity index (χ0v) is 10.9. The summed E-state index contributed by atoms with van der Waals surface area (Å²) in [6.07, 6.45) is 8.67. The molecule has 5 fully saturated rings. The molecular weight excluding hydrogens is 236 g/mol. The first-order chi connectivity index (χ1) is 8.05. The molecule has 1 unspecified atom stereocenters. The Labute approximate surface area is 103 Å². The smallest absolute Gasteiger partial charge is 0.266 e. The lowest BCUT2D eigenvalue weighted by molar-refractivity contribution is -0.105. The van der Waals surface area contributed by atoms with Gasteiger partial charge in [0, 0.05) is 0 Å². The second-order valence-electron chi connectivity index (χ2n) is 6.92. The van der Waals surface area contributed by atoms with Crippen LogP contribution in [0.2, 0.25) is 0 Å². The predicted octanol–water partition coefficient (Wildman–Crippen LogP) is 2.32. The van der Waals surface area contributed by atoms with Gasteiger partial charge in [-0.15, -0.1) is 0 Å². The highest BCUT2D eigenvalue weighted by Crippen LogP contribution is 2.62. The van der Waals surface area contributed by atoms with Crippen molar-refractivity contribution in [1.82, 2.24) is 0 Å². The Balaban J connectivity index is 1.65. The fourth-order valence-electron chi connectivity index (χ4n) is 5.50. The minimum atomic E-state index is -3.19. The molecule has 0 radical (unpaired) electrons. The van der Waals surface area contributed by atoms with Crippen LogP contribution in [0.15, 0.2) is 0 Å². The summed E-state index contributed by atoms with van der Waals surface area (Å²) < 4.78 is 28.4. The van der Waals surface area contributed by atoms with E-state index in [0.717, 1.165) is 24.2 Å². The summed E-state index contributed by atoms with van der Waals surface area (Å²) in [5, 5.41) is 0. The summed E-state index contributed by atoms with van der Waals surface area (Å²) in [5.41, 5.74) is 0.234. The van der Waals surface area contributed by atoms with Crippen molar-refractivity contribution in [2.24, 2.45) is 23.2 Å². The van der Waals surface area contributed by atoms with Gasteiger partial charge in [0.25, 0.3) is 10.1 Å². The Bertz CT molecular complexity index is 404. The van der Waals surface area contributed by atoms with Gasteiger partial charge in [-0.2, -0.15) is 8.42 Å². The Morgan fingerprint density at radius 3 is 1.88 bits per heavy atom. The lowest BCUT2D eigenvalue weighted by Gasteiger charge is -2.58. The second-order valence-corrected chi connectivity index (χ2v) is 8.63. The minimum Gasteiger partial charge on any atom is -0.266 e. The van der Waals surface area contributed by atoms with Crippen molar-refractivity contribution in [3.05, 3.63) is 0 Å². The molecule has 0 aromatic rings. The molecule has 17 heavy (non-hydrogen) atoms. The molecular formula is C13H20O3S. The molecule has 1 aliphatic heterocycles.